The summed E-state index contributed by atoms with van der Waals surface area (Å²) in [6.45, 7) is 2.41. The van der Waals surface area contributed by atoms with Crippen LogP contribution in [-0.4, -0.2) is 50.1 Å². The molecule has 1 rings (SSSR count). The summed E-state index contributed by atoms with van der Waals surface area (Å²) < 4.78 is 0. The molecule has 0 aromatic carbocycles. The number of nitrogens with one attached hydrogen (secondary N) is 3. The second-order valence-corrected chi connectivity index (χ2v) is 5.53. The van der Waals surface area contributed by atoms with Crippen LogP contribution in [0.15, 0.2) is 16.8 Å². The molecule has 1 fully saturated rings. The molecule has 2 atom stereocenters. The second-order valence-electron chi connectivity index (χ2n) is 5.53. The molecule has 0 bridgehead atoms. The minimum absolute atomic E-state index is 0.0437. The van der Waals surface area contributed by atoms with Crippen molar-refractivity contribution >= 4 is 23.9 Å². The molecule has 0 aliphatic carbocycles. The largest absolute Gasteiger partial charge is 0.404 e. The molecule has 23 heavy (non-hydrogen) atoms. The maximum Gasteiger partial charge on any atom is 0.254 e. The van der Waals surface area contributed by atoms with Crippen molar-refractivity contribution in [1.29, 1.82) is 0 Å². The Morgan fingerprint density at radius 1 is 1.52 bits per heavy atom. The number of carbonyl (C=O) groups is 3. The SMILES string of the molecule is CN=CC(=CN)C(=O)NCC(=O)NC(C)CC1CCCNC1=O. The minimum atomic E-state index is -0.465. The van der Waals surface area contributed by atoms with E-state index in [0.717, 1.165) is 25.6 Å². The normalized spacial score (nSPS) is 20.0. The van der Waals surface area contributed by atoms with Gasteiger partial charge in [0.05, 0.1) is 12.1 Å². The zero-order valence-electron chi connectivity index (χ0n) is 13.6. The highest BCUT2D eigenvalue weighted by Crippen LogP contribution is 2.17. The lowest BCUT2D eigenvalue weighted by Crippen LogP contribution is -2.44. The number of aliphatic imine (C=N–C) groups is 1. The van der Waals surface area contributed by atoms with Crippen LogP contribution in [-0.2, 0) is 14.4 Å². The first-order chi connectivity index (χ1) is 11.0. The standard InChI is InChI=1S/C15H25N5O3/c1-10(6-11-4-3-5-18-14(11)22)20-13(21)9-19-15(23)12(7-16)8-17-2/h7-8,10-11H,3-6,9,16H2,1-2H3,(H,18,22)(H,19,23)(H,20,21). The Morgan fingerprint density at radius 3 is 2.87 bits per heavy atom. The highest BCUT2D eigenvalue weighted by molar-refractivity contribution is 6.12. The van der Waals surface area contributed by atoms with Crippen molar-refractivity contribution < 1.29 is 14.4 Å². The summed E-state index contributed by atoms with van der Waals surface area (Å²) in [7, 11) is 1.52. The van der Waals surface area contributed by atoms with Crippen LogP contribution in [0.25, 0.3) is 0 Å². The first-order valence-corrected chi connectivity index (χ1v) is 7.67. The third-order valence-corrected chi connectivity index (χ3v) is 3.56. The Labute approximate surface area is 136 Å². The van der Waals surface area contributed by atoms with Crippen LogP contribution in [0.5, 0.6) is 0 Å². The lowest BCUT2D eigenvalue weighted by Gasteiger charge is -2.25. The van der Waals surface area contributed by atoms with Crippen molar-refractivity contribution in [3.8, 4) is 0 Å². The summed E-state index contributed by atoms with van der Waals surface area (Å²) in [4.78, 5) is 39.0. The van der Waals surface area contributed by atoms with Crippen LogP contribution < -0.4 is 21.7 Å². The lowest BCUT2D eigenvalue weighted by molar-refractivity contribution is -0.128. The van der Waals surface area contributed by atoms with Gasteiger partial charge in [-0.2, -0.15) is 0 Å². The van der Waals surface area contributed by atoms with Gasteiger partial charge in [0, 0.05) is 38.0 Å². The van der Waals surface area contributed by atoms with Gasteiger partial charge in [0.2, 0.25) is 11.8 Å². The van der Waals surface area contributed by atoms with Crippen molar-refractivity contribution in [1.82, 2.24) is 16.0 Å². The van der Waals surface area contributed by atoms with E-state index in [1.807, 2.05) is 6.92 Å². The molecular formula is C15H25N5O3. The smallest absolute Gasteiger partial charge is 0.254 e. The maximum absolute atomic E-state index is 11.8. The number of hydrogen-bond acceptors (Lipinski definition) is 5. The Hall–Kier alpha value is -2.38. The number of nitrogens with two attached hydrogens (primary N) is 1. The number of amides is 3. The highest BCUT2D eigenvalue weighted by atomic mass is 16.2. The van der Waals surface area contributed by atoms with E-state index in [1.165, 1.54) is 13.3 Å². The number of hydrogen-bond donors (Lipinski definition) is 4. The van der Waals surface area contributed by atoms with E-state index < -0.39 is 5.91 Å². The molecule has 128 valence electrons. The van der Waals surface area contributed by atoms with Crippen LogP contribution in [0, 0.1) is 5.92 Å². The Bertz CT molecular complexity index is 501. The van der Waals surface area contributed by atoms with Crippen LogP contribution in [0.4, 0.5) is 0 Å². The van der Waals surface area contributed by atoms with Crippen molar-refractivity contribution in [3.63, 3.8) is 0 Å². The molecule has 3 amide bonds. The molecule has 1 heterocycles. The van der Waals surface area contributed by atoms with Gasteiger partial charge in [-0.05, 0) is 26.2 Å². The monoisotopic (exact) mass is 323 g/mol. The fourth-order valence-electron chi connectivity index (χ4n) is 2.45. The van der Waals surface area contributed by atoms with Crippen LogP contribution in [0.2, 0.25) is 0 Å². The summed E-state index contributed by atoms with van der Waals surface area (Å²) in [5.41, 5.74) is 5.50. The number of piperidine rings is 1. The van der Waals surface area contributed by atoms with Crippen molar-refractivity contribution in [3.05, 3.63) is 11.8 Å². The van der Waals surface area contributed by atoms with Gasteiger partial charge < -0.3 is 21.7 Å². The van der Waals surface area contributed by atoms with E-state index in [9.17, 15) is 14.4 Å². The van der Waals surface area contributed by atoms with Crippen LogP contribution in [0.3, 0.4) is 0 Å². The average molecular weight is 323 g/mol. The molecule has 0 radical (unpaired) electrons. The first-order valence-electron chi connectivity index (χ1n) is 7.67. The molecule has 5 N–H and O–H groups in total. The molecule has 0 saturated carbocycles. The number of carbonyl (C=O) groups excluding carboxylic acids is 3. The van der Waals surface area contributed by atoms with Gasteiger partial charge in [0.15, 0.2) is 0 Å². The third kappa shape index (κ3) is 6.50. The van der Waals surface area contributed by atoms with E-state index in [1.54, 1.807) is 0 Å². The molecule has 1 aliphatic rings. The first kappa shape index (κ1) is 18.7. The van der Waals surface area contributed by atoms with Crippen LogP contribution in [0.1, 0.15) is 26.2 Å². The Kier molecular flexibility index (Phi) is 7.79. The molecule has 0 aromatic rings. The minimum Gasteiger partial charge on any atom is -0.404 e. The van der Waals surface area contributed by atoms with E-state index in [-0.39, 0.29) is 35.9 Å². The molecule has 0 aromatic heterocycles. The van der Waals surface area contributed by atoms with Gasteiger partial charge in [-0.1, -0.05) is 0 Å². The summed E-state index contributed by atoms with van der Waals surface area (Å²) in [6.07, 6.45) is 4.83. The molecule has 8 heteroatoms. The van der Waals surface area contributed by atoms with E-state index in [0.29, 0.717) is 6.42 Å². The summed E-state index contributed by atoms with van der Waals surface area (Å²) in [5, 5.41) is 8.06. The second kappa shape index (κ2) is 9.60. The third-order valence-electron chi connectivity index (χ3n) is 3.56. The fraction of sp³-hybridized carbons (Fsp3) is 0.600. The van der Waals surface area contributed by atoms with Gasteiger partial charge in [0.25, 0.3) is 5.91 Å². The molecule has 8 nitrogen and oxygen atoms in total. The van der Waals surface area contributed by atoms with Gasteiger partial charge in [0.1, 0.15) is 0 Å². The van der Waals surface area contributed by atoms with Crippen molar-refractivity contribution in [2.45, 2.75) is 32.2 Å². The van der Waals surface area contributed by atoms with Gasteiger partial charge in [-0.25, -0.2) is 0 Å². The van der Waals surface area contributed by atoms with Gasteiger partial charge >= 0.3 is 0 Å². The Morgan fingerprint density at radius 2 is 2.26 bits per heavy atom. The predicted molar refractivity (Wildman–Crippen MR) is 87.7 cm³/mol. The maximum atomic E-state index is 11.8. The molecule has 1 saturated heterocycles. The quantitative estimate of drug-likeness (QED) is 0.356. The number of rotatable bonds is 7. The predicted octanol–water partition coefficient (Wildman–Crippen LogP) is -0.933. The number of nitrogens with zero attached hydrogens (tertiary/aromatic N) is 1. The fourth-order valence-corrected chi connectivity index (χ4v) is 2.45. The summed E-state index contributed by atoms with van der Waals surface area (Å²) >= 11 is 0. The van der Waals surface area contributed by atoms with E-state index in [4.69, 9.17) is 5.73 Å². The zero-order chi connectivity index (χ0) is 17.2. The van der Waals surface area contributed by atoms with Gasteiger partial charge in [-0.15, -0.1) is 0 Å². The lowest BCUT2D eigenvalue weighted by atomic mass is 9.92. The summed E-state index contributed by atoms with van der Waals surface area (Å²) in [6, 6.07) is -0.144. The van der Waals surface area contributed by atoms with E-state index >= 15 is 0 Å². The molecule has 2 unspecified atom stereocenters. The molecule has 0 spiro atoms. The molecular weight excluding hydrogens is 298 g/mol. The Balaban J connectivity index is 2.35. The summed E-state index contributed by atoms with van der Waals surface area (Å²) in [5.74, 6) is -0.803. The average Bonchev–Trinajstić information content (AvgIpc) is 2.52. The van der Waals surface area contributed by atoms with Crippen molar-refractivity contribution in [2.24, 2.45) is 16.6 Å². The van der Waals surface area contributed by atoms with Crippen molar-refractivity contribution in [2.75, 3.05) is 20.1 Å². The van der Waals surface area contributed by atoms with E-state index in [2.05, 4.69) is 20.9 Å². The zero-order valence-corrected chi connectivity index (χ0v) is 13.6. The topological polar surface area (TPSA) is 126 Å². The molecule has 1 aliphatic heterocycles. The van der Waals surface area contributed by atoms with Crippen LogP contribution >= 0.6 is 0 Å². The highest BCUT2D eigenvalue weighted by Gasteiger charge is 2.24. The van der Waals surface area contributed by atoms with Gasteiger partial charge in [-0.3, -0.25) is 19.4 Å².